The number of hydrogen-bond acceptors (Lipinski definition) is 7. The van der Waals surface area contributed by atoms with Crippen molar-refractivity contribution in [2.24, 2.45) is 0 Å². The van der Waals surface area contributed by atoms with Crippen LogP contribution in [0.5, 0.6) is 5.75 Å². The zero-order valence-electron chi connectivity index (χ0n) is 18.6. The number of benzene rings is 3. The second-order valence-corrected chi connectivity index (χ2v) is 8.97. The van der Waals surface area contributed by atoms with Gasteiger partial charge in [-0.2, -0.15) is 0 Å². The van der Waals surface area contributed by atoms with Crippen LogP contribution in [0.15, 0.2) is 90.0 Å². The first-order chi connectivity index (χ1) is 17.2. The number of rotatable bonds is 5. The number of fused-ring (bicyclic) bond motifs is 2. The van der Waals surface area contributed by atoms with E-state index in [4.69, 9.17) is 14.7 Å². The van der Waals surface area contributed by atoms with Crippen LogP contribution in [0.4, 0.5) is 11.5 Å². The third kappa shape index (κ3) is 4.11. The summed E-state index contributed by atoms with van der Waals surface area (Å²) in [6.07, 6.45) is 3.47. The van der Waals surface area contributed by atoms with E-state index in [1.807, 2.05) is 66.7 Å². The molecule has 0 fully saturated rings. The number of anilines is 2. The molecule has 35 heavy (non-hydrogen) atoms. The van der Waals surface area contributed by atoms with Crippen molar-refractivity contribution in [3.8, 4) is 28.3 Å². The molecule has 0 aliphatic carbocycles. The molecule has 7 nitrogen and oxygen atoms in total. The lowest BCUT2D eigenvalue weighted by Crippen LogP contribution is -2.00. The van der Waals surface area contributed by atoms with E-state index in [2.05, 4.69) is 21.4 Å². The van der Waals surface area contributed by atoms with E-state index in [0.29, 0.717) is 11.6 Å². The number of aromatic amines is 1. The predicted molar refractivity (Wildman–Crippen MR) is 140 cm³/mol. The number of ether oxygens (including phenoxy) is 1. The lowest BCUT2D eigenvalue weighted by Gasteiger charge is -2.13. The lowest BCUT2D eigenvalue weighted by molar-refractivity contribution is 0.415. The highest BCUT2D eigenvalue weighted by Crippen LogP contribution is 2.33. The molecule has 0 saturated carbocycles. The maximum atomic E-state index is 11.8. The molecule has 3 aromatic heterocycles. The van der Waals surface area contributed by atoms with Crippen molar-refractivity contribution in [1.82, 2.24) is 19.9 Å². The lowest BCUT2D eigenvalue weighted by atomic mass is 10.0. The van der Waals surface area contributed by atoms with Crippen LogP contribution in [0, 0.1) is 0 Å². The Morgan fingerprint density at radius 3 is 2.66 bits per heavy atom. The molecule has 0 bridgehead atoms. The van der Waals surface area contributed by atoms with Crippen LogP contribution in [-0.2, 0) is 0 Å². The Bertz CT molecular complexity index is 1740. The van der Waals surface area contributed by atoms with Crippen LogP contribution < -0.4 is 14.9 Å². The van der Waals surface area contributed by atoms with Gasteiger partial charge in [-0.05, 0) is 65.7 Å². The quantitative estimate of drug-likeness (QED) is 0.316. The first kappa shape index (κ1) is 21.0. The van der Waals surface area contributed by atoms with Gasteiger partial charge in [0.15, 0.2) is 5.82 Å². The molecule has 8 heteroatoms. The summed E-state index contributed by atoms with van der Waals surface area (Å²) in [6, 6.07) is 23.6. The second-order valence-electron chi connectivity index (χ2n) is 7.95. The van der Waals surface area contributed by atoms with Crippen LogP contribution in [0.3, 0.4) is 0 Å². The fourth-order valence-corrected chi connectivity index (χ4v) is 4.77. The van der Waals surface area contributed by atoms with Crippen molar-refractivity contribution in [2.45, 2.75) is 0 Å². The molecule has 3 aromatic carbocycles. The zero-order valence-corrected chi connectivity index (χ0v) is 19.5. The van der Waals surface area contributed by atoms with E-state index in [1.165, 1.54) is 11.3 Å². The van der Waals surface area contributed by atoms with Crippen LogP contribution >= 0.6 is 11.3 Å². The topological polar surface area (TPSA) is 92.8 Å². The molecule has 170 valence electrons. The van der Waals surface area contributed by atoms with E-state index in [9.17, 15) is 4.79 Å². The maximum absolute atomic E-state index is 11.8. The summed E-state index contributed by atoms with van der Waals surface area (Å²) in [4.78, 5) is 28.4. The second kappa shape index (κ2) is 8.66. The molecule has 0 spiro atoms. The van der Waals surface area contributed by atoms with Crippen molar-refractivity contribution in [2.75, 3.05) is 12.4 Å². The number of hydrogen-bond donors (Lipinski definition) is 2. The summed E-state index contributed by atoms with van der Waals surface area (Å²) in [5.74, 6) is 2.04. The van der Waals surface area contributed by atoms with Gasteiger partial charge >= 0.3 is 4.87 Å². The molecule has 2 N–H and O–H groups in total. The Kier molecular flexibility index (Phi) is 5.20. The minimum Gasteiger partial charge on any atom is -0.497 e. The fraction of sp³-hybridized carbons (Fsp3) is 0.0370. The maximum Gasteiger partial charge on any atom is 0.305 e. The van der Waals surface area contributed by atoms with Crippen molar-refractivity contribution in [1.29, 1.82) is 0 Å². The molecular formula is C27H19N5O2S. The summed E-state index contributed by atoms with van der Waals surface area (Å²) < 4.78 is 6.28. The fourth-order valence-electron chi connectivity index (χ4n) is 3.99. The van der Waals surface area contributed by atoms with E-state index in [-0.39, 0.29) is 4.87 Å². The molecule has 0 aliphatic rings. The molecule has 6 aromatic rings. The Balaban J connectivity index is 1.51. The number of aromatic nitrogens is 4. The van der Waals surface area contributed by atoms with Gasteiger partial charge in [0.1, 0.15) is 11.6 Å². The minimum atomic E-state index is -0.0774. The van der Waals surface area contributed by atoms with Gasteiger partial charge in [0, 0.05) is 29.0 Å². The third-order valence-corrected chi connectivity index (χ3v) is 6.55. The van der Waals surface area contributed by atoms with Gasteiger partial charge in [0.2, 0.25) is 0 Å². The van der Waals surface area contributed by atoms with Crippen LogP contribution in [0.2, 0.25) is 0 Å². The van der Waals surface area contributed by atoms with Crippen LogP contribution in [0.1, 0.15) is 0 Å². The smallest absolute Gasteiger partial charge is 0.305 e. The highest BCUT2D eigenvalue weighted by molar-refractivity contribution is 7.16. The monoisotopic (exact) mass is 477 g/mol. The zero-order chi connectivity index (χ0) is 23.8. The molecule has 0 radical (unpaired) electrons. The van der Waals surface area contributed by atoms with Gasteiger partial charge < -0.3 is 15.0 Å². The van der Waals surface area contributed by atoms with Gasteiger partial charge in [0.05, 0.1) is 22.8 Å². The summed E-state index contributed by atoms with van der Waals surface area (Å²) in [5, 5.41) is 4.33. The van der Waals surface area contributed by atoms with E-state index < -0.39 is 0 Å². The normalized spacial score (nSPS) is 11.1. The van der Waals surface area contributed by atoms with Crippen molar-refractivity contribution >= 4 is 44.0 Å². The summed E-state index contributed by atoms with van der Waals surface area (Å²) in [6.45, 7) is 0. The Morgan fingerprint density at radius 2 is 1.80 bits per heavy atom. The average molecular weight is 478 g/mol. The largest absolute Gasteiger partial charge is 0.497 e. The number of nitrogens with one attached hydrogen (secondary N) is 2. The van der Waals surface area contributed by atoms with Gasteiger partial charge in [-0.25, -0.2) is 9.97 Å². The van der Waals surface area contributed by atoms with Crippen LogP contribution in [0.25, 0.3) is 43.6 Å². The number of methoxy groups -OCH3 is 1. The van der Waals surface area contributed by atoms with Gasteiger partial charge in [-0.1, -0.05) is 29.5 Å². The average Bonchev–Trinajstić information content (AvgIpc) is 3.28. The summed E-state index contributed by atoms with van der Waals surface area (Å²) in [7, 11) is 1.66. The highest BCUT2D eigenvalue weighted by Gasteiger charge is 2.13. The SMILES string of the molecule is COc1cccc(-c2ccc3nc(-c4cccnc4)nc(Nc4ccc5[nH]c(=O)sc5c4)c3c2)c1. The molecule has 0 saturated heterocycles. The van der Waals surface area contributed by atoms with E-state index in [0.717, 1.165) is 49.2 Å². The van der Waals surface area contributed by atoms with Gasteiger partial charge in [-0.15, -0.1) is 0 Å². The number of thiazole rings is 1. The Labute approximate surface area is 204 Å². The molecule has 0 atom stereocenters. The third-order valence-electron chi connectivity index (χ3n) is 5.70. The summed E-state index contributed by atoms with van der Waals surface area (Å²) in [5.41, 5.74) is 5.34. The molecular weight excluding hydrogens is 458 g/mol. The predicted octanol–water partition coefficient (Wildman–Crippen LogP) is 6.01. The molecule has 0 amide bonds. The van der Waals surface area contributed by atoms with E-state index >= 15 is 0 Å². The Hall–Kier alpha value is -4.56. The van der Waals surface area contributed by atoms with Crippen molar-refractivity contribution in [3.63, 3.8) is 0 Å². The highest BCUT2D eigenvalue weighted by atomic mass is 32.1. The molecule has 6 rings (SSSR count). The Morgan fingerprint density at radius 1 is 0.914 bits per heavy atom. The summed E-state index contributed by atoms with van der Waals surface area (Å²) >= 11 is 1.18. The number of nitrogens with zero attached hydrogens (tertiary/aromatic N) is 3. The van der Waals surface area contributed by atoms with Crippen LogP contribution in [-0.4, -0.2) is 27.0 Å². The molecule has 0 aliphatic heterocycles. The van der Waals surface area contributed by atoms with Crippen molar-refractivity contribution < 1.29 is 4.74 Å². The van der Waals surface area contributed by atoms with Gasteiger partial charge in [0.25, 0.3) is 0 Å². The van der Waals surface area contributed by atoms with Gasteiger partial charge in [-0.3, -0.25) is 9.78 Å². The first-order valence-electron chi connectivity index (χ1n) is 10.9. The van der Waals surface area contributed by atoms with Crippen molar-refractivity contribution in [3.05, 3.63) is 94.9 Å². The molecule has 0 unspecified atom stereocenters. The van der Waals surface area contributed by atoms with E-state index in [1.54, 1.807) is 19.5 Å². The molecule has 3 heterocycles. The first-order valence-corrected chi connectivity index (χ1v) is 11.7. The number of pyridine rings is 1. The number of H-pyrrole nitrogens is 1. The standard InChI is InChI=1S/C27H19N5O2S/c1-34-20-6-2-4-16(12-20)17-7-9-22-21(13-17)26(32-25(30-22)18-5-3-11-28-15-18)29-19-8-10-23-24(14-19)35-27(33)31-23/h2-15H,1H3,(H,31,33)(H,29,30,32). The minimum absolute atomic E-state index is 0.0774.